The molecular formula is C17H13BrN2O2S. The number of rotatable bonds is 4. The second kappa shape index (κ2) is 6.93. The van der Waals surface area contributed by atoms with E-state index in [0.717, 1.165) is 19.4 Å². The van der Waals surface area contributed by atoms with Crippen molar-refractivity contribution in [3.8, 4) is 5.75 Å². The van der Waals surface area contributed by atoms with Crippen molar-refractivity contribution in [1.82, 2.24) is 5.43 Å². The smallest absolute Gasteiger partial charge is 0.275 e. The third kappa shape index (κ3) is 3.60. The number of benzene rings is 2. The average molecular weight is 389 g/mol. The summed E-state index contributed by atoms with van der Waals surface area (Å²) in [6, 6.07) is 15.3. The van der Waals surface area contributed by atoms with Crippen LogP contribution in [0.3, 0.4) is 0 Å². The molecule has 0 fully saturated rings. The monoisotopic (exact) mass is 388 g/mol. The summed E-state index contributed by atoms with van der Waals surface area (Å²) in [5.41, 5.74) is 2.99. The molecule has 1 heterocycles. The fraction of sp³-hybridized carbons (Fsp3) is 0.0588. The first-order valence-electron chi connectivity index (χ1n) is 6.83. The molecule has 2 aromatic carbocycles. The van der Waals surface area contributed by atoms with Gasteiger partial charge in [0.25, 0.3) is 5.91 Å². The van der Waals surface area contributed by atoms with Crippen LogP contribution in [-0.4, -0.2) is 19.2 Å². The zero-order valence-electron chi connectivity index (χ0n) is 12.2. The minimum absolute atomic E-state index is 0.306. The first kappa shape index (κ1) is 15.7. The zero-order chi connectivity index (χ0) is 16.2. The molecule has 0 atom stereocenters. The summed E-state index contributed by atoms with van der Waals surface area (Å²) in [4.78, 5) is 13.3. The minimum atomic E-state index is -0.306. The van der Waals surface area contributed by atoms with Crippen LogP contribution in [0.1, 0.15) is 15.2 Å². The SMILES string of the molecule is COc1cc2ccccc2cc1C(=O)NN=Cc1ccc(Br)s1. The Morgan fingerprint density at radius 3 is 2.61 bits per heavy atom. The molecule has 23 heavy (non-hydrogen) atoms. The predicted octanol–water partition coefficient (Wildman–Crippen LogP) is 4.44. The number of methoxy groups -OCH3 is 1. The van der Waals surface area contributed by atoms with Crippen molar-refractivity contribution < 1.29 is 9.53 Å². The van der Waals surface area contributed by atoms with Gasteiger partial charge in [0.1, 0.15) is 5.75 Å². The second-order valence-corrected chi connectivity index (χ2v) is 7.24. The Balaban J connectivity index is 1.83. The van der Waals surface area contributed by atoms with Crippen LogP contribution in [0.5, 0.6) is 5.75 Å². The molecule has 0 aliphatic heterocycles. The molecular weight excluding hydrogens is 376 g/mol. The van der Waals surface area contributed by atoms with Gasteiger partial charge in [0.2, 0.25) is 0 Å². The number of hydrazone groups is 1. The quantitative estimate of drug-likeness (QED) is 0.530. The van der Waals surface area contributed by atoms with Crippen molar-refractivity contribution in [2.24, 2.45) is 5.10 Å². The first-order chi connectivity index (χ1) is 11.2. The summed E-state index contributed by atoms with van der Waals surface area (Å²) in [5.74, 6) is 0.217. The number of ether oxygens (including phenoxy) is 1. The molecule has 0 unspecified atom stereocenters. The molecule has 0 radical (unpaired) electrons. The molecule has 0 aliphatic rings. The molecule has 0 saturated carbocycles. The van der Waals surface area contributed by atoms with Crippen molar-refractivity contribution in [2.75, 3.05) is 7.11 Å². The highest BCUT2D eigenvalue weighted by atomic mass is 79.9. The lowest BCUT2D eigenvalue weighted by Gasteiger charge is -2.09. The summed E-state index contributed by atoms with van der Waals surface area (Å²) in [6.45, 7) is 0. The van der Waals surface area contributed by atoms with Crippen LogP contribution in [-0.2, 0) is 0 Å². The minimum Gasteiger partial charge on any atom is -0.496 e. The molecule has 116 valence electrons. The van der Waals surface area contributed by atoms with Crippen LogP contribution in [0.15, 0.2) is 57.4 Å². The number of hydrogen-bond donors (Lipinski definition) is 1. The first-order valence-corrected chi connectivity index (χ1v) is 8.44. The molecule has 4 nitrogen and oxygen atoms in total. The number of carbonyl (C=O) groups excluding carboxylic acids is 1. The maximum absolute atomic E-state index is 12.4. The average Bonchev–Trinajstić information content (AvgIpc) is 2.98. The van der Waals surface area contributed by atoms with E-state index in [1.807, 2.05) is 42.5 Å². The number of carbonyl (C=O) groups is 1. The Kier molecular flexibility index (Phi) is 4.73. The van der Waals surface area contributed by atoms with Gasteiger partial charge in [-0.1, -0.05) is 24.3 Å². The molecule has 1 N–H and O–H groups in total. The van der Waals surface area contributed by atoms with E-state index >= 15 is 0 Å². The van der Waals surface area contributed by atoms with Gasteiger partial charge in [-0.3, -0.25) is 4.79 Å². The van der Waals surface area contributed by atoms with Gasteiger partial charge in [0, 0.05) is 4.88 Å². The van der Waals surface area contributed by atoms with E-state index in [-0.39, 0.29) is 5.91 Å². The van der Waals surface area contributed by atoms with Crippen molar-refractivity contribution in [3.05, 3.63) is 62.8 Å². The summed E-state index contributed by atoms with van der Waals surface area (Å²) in [6.07, 6.45) is 1.61. The number of amides is 1. The molecule has 1 amide bonds. The summed E-state index contributed by atoms with van der Waals surface area (Å²) < 4.78 is 6.34. The predicted molar refractivity (Wildman–Crippen MR) is 97.6 cm³/mol. The van der Waals surface area contributed by atoms with Crippen molar-refractivity contribution in [3.63, 3.8) is 0 Å². The van der Waals surface area contributed by atoms with Gasteiger partial charge in [-0.15, -0.1) is 11.3 Å². The van der Waals surface area contributed by atoms with Crippen LogP contribution >= 0.6 is 27.3 Å². The summed E-state index contributed by atoms with van der Waals surface area (Å²) in [5, 5.41) is 5.99. The van der Waals surface area contributed by atoms with Gasteiger partial charge in [-0.2, -0.15) is 5.10 Å². The van der Waals surface area contributed by atoms with Crippen molar-refractivity contribution in [2.45, 2.75) is 0 Å². The lowest BCUT2D eigenvalue weighted by molar-refractivity contribution is 0.0952. The van der Waals surface area contributed by atoms with Gasteiger partial charge >= 0.3 is 0 Å². The van der Waals surface area contributed by atoms with Crippen LogP contribution in [0.25, 0.3) is 10.8 Å². The Morgan fingerprint density at radius 1 is 1.22 bits per heavy atom. The zero-order valence-corrected chi connectivity index (χ0v) is 14.6. The Morgan fingerprint density at radius 2 is 1.96 bits per heavy atom. The largest absolute Gasteiger partial charge is 0.496 e. The molecule has 6 heteroatoms. The molecule has 1 aromatic heterocycles. The number of nitrogens with zero attached hydrogens (tertiary/aromatic N) is 1. The normalized spacial score (nSPS) is 11.0. The fourth-order valence-corrected chi connectivity index (χ4v) is 3.47. The lowest BCUT2D eigenvalue weighted by Crippen LogP contribution is -2.18. The van der Waals surface area contributed by atoms with Crippen molar-refractivity contribution in [1.29, 1.82) is 0 Å². The van der Waals surface area contributed by atoms with Gasteiger partial charge in [-0.05, 0) is 51.0 Å². The van der Waals surface area contributed by atoms with Crippen LogP contribution < -0.4 is 10.2 Å². The highest BCUT2D eigenvalue weighted by molar-refractivity contribution is 9.11. The van der Waals surface area contributed by atoms with E-state index in [1.165, 1.54) is 11.3 Å². The Bertz CT molecular complexity index is 889. The number of thiophene rings is 1. The fourth-order valence-electron chi connectivity index (χ4n) is 2.18. The topological polar surface area (TPSA) is 50.7 Å². The Hall–Kier alpha value is -2.18. The van der Waals surface area contributed by atoms with Gasteiger partial charge in [0.05, 0.1) is 22.7 Å². The molecule has 3 aromatic rings. The molecule has 0 saturated heterocycles. The molecule has 0 bridgehead atoms. The maximum Gasteiger partial charge on any atom is 0.275 e. The number of hydrogen-bond acceptors (Lipinski definition) is 4. The van der Waals surface area contributed by atoms with E-state index in [2.05, 4.69) is 26.5 Å². The van der Waals surface area contributed by atoms with E-state index in [0.29, 0.717) is 11.3 Å². The van der Waals surface area contributed by atoms with Crippen LogP contribution in [0.2, 0.25) is 0 Å². The van der Waals surface area contributed by atoms with Gasteiger partial charge in [-0.25, -0.2) is 5.43 Å². The number of fused-ring (bicyclic) bond motifs is 1. The van der Waals surface area contributed by atoms with Crippen LogP contribution in [0, 0.1) is 0 Å². The molecule has 3 rings (SSSR count). The van der Waals surface area contributed by atoms with Crippen LogP contribution in [0.4, 0.5) is 0 Å². The standard InChI is InChI=1S/C17H13BrN2O2S/c1-22-15-9-12-5-3-2-4-11(12)8-14(15)17(21)20-19-10-13-6-7-16(18)23-13/h2-10H,1H3,(H,20,21). The highest BCUT2D eigenvalue weighted by Gasteiger charge is 2.13. The van der Waals surface area contributed by atoms with Gasteiger partial charge < -0.3 is 4.74 Å². The highest BCUT2D eigenvalue weighted by Crippen LogP contribution is 2.26. The van der Waals surface area contributed by atoms with Gasteiger partial charge in [0.15, 0.2) is 0 Å². The molecule has 0 spiro atoms. The van der Waals surface area contributed by atoms with E-state index in [4.69, 9.17) is 4.74 Å². The van der Waals surface area contributed by atoms with E-state index in [1.54, 1.807) is 19.4 Å². The van der Waals surface area contributed by atoms with E-state index in [9.17, 15) is 4.79 Å². The summed E-state index contributed by atoms with van der Waals surface area (Å²) >= 11 is 4.92. The number of nitrogens with one attached hydrogen (secondary N) is 1. The van der Waals surface area contributed by atoms with E-state index < -0.39 is 0 Å². The Labute approximate surface area is 145 Å². The van der Waals surface area contributed by atoms with Crippen molar-refractivity contribution >= 4 is 50.2 Å². The number of halogens is 1. The summed E-state index contributed by atoms with van der Waals surface area (Å²) in [7, 11) is 1.55. The molecule has 0 aliphatic carbocycles. The maximum atomic E-state index is 12.4. The third-order valence-electron chi connectivity index (χ3n) is 3.26. The second-order valence-electron chi connectivity index (χ2n) is 4.74. The third-order valence-corrected chi connectivity index (χ3v) is 4.82. The lowest BCUT2D eigenvalue weighted by atomic mass is 10.1.